The van der Waals surface area contributed by atoms with Crippen molar-refractivity contribution in [1.29, 1.82) is 0 Å². The second-order valence-electron chi connectivity index (χ2n) is 8.73. The molecule has 0 aromatic rings. The van der Waals surface area contributed by atoms with E-state index in [1.807, 2.05) is 34.6 Å². The van der Waals surface area contributed by atoms with Crippen LogP contribution in [0.5, 0.6) is 0 Å². The lowest BCUT2D eigenvalue weighted by atomic mass is 9.80. The van der Waals surface area contributed by atoms with Gasteiger partial charge in [-0.3, -0.25) is 14.4 Å². The summed E-state index contributed by atoms with van der Waals surface area (Å²) in [6.45, 7) is 12.8. The van der Waals surface area contributed by atoms with Crippen LogP contribution in [0.1, 0.15) is 67.7 Å². The van der Waals surface area contributed by atoms with E-state index in [9.17, 15) is 14.4 Å². The number of fused-ring (bicyclic) bond motifs is 1. The number of carbonyl (C=O) groups excluding carboxylic acids is 3. The van der Waals surface area contributed by atoms with Crippen molar-refractivity contribution in [2.24, 2.45) is 23.7 Å². The van der Waals surface area contributed by atoms with E-state index in [1.165, 1.54) is 6.92 Å². The minimum atomic E-state index is -0.790. The number of allylic oxidation sites excluding steroid dienone is 2. The maximum absolute atomic E-state index is 12.3. The van der Waals surface area contributed by atoms with Crippen LogP contribution in [0.15, 0.2) is 11.1 Å². The number of hydrogen-bond donors (Lipinski definition) is 0. The number of ether oxygens (including phenoxy) is 2. The highest BCUT2D eigenvalue weighted by atomic mass is 16.6. The molecule has 0 heterocycles. The lowest BCUT2D eigenvalue weighted by Gasteiger charge is -2.38. The molecule has 0 radical (unpaired) electrons. The van der Waals surface area contributed by atoms with Crippen molar-refractivity contribution in [2.45, 2.75) is 79.4 Å². The van der Waals surface area contributed by atoms with Crippen LogP contribution in [-0.4, -0.2) is 29.4 Å². The molecule has 0 aromatic carbocycles. The zero-order chi connectivity index (χ0) is 19.8. The third-order valence-corrected chi connectivity index (χ3v) is 5.97. The lowest BCUT2D eigenvalue weighted by molar-refractivity contribution is -0.173. The van der Waals surface area contributed by atoms with Crippen LogP contribution in [0.25, 0.3) is 0 Å². The second kappa shape index (κ2) is 7.53. The molecule has 2 aliphatic rings. The molecule has 0 spiro atoms. The Balaban J connectivity index is 2.42. The molecule has 26 heavy (non-hydrogen) atoms. The van der Waals surface area contributed by atoms with Gasteiger partial charge in [-0.2, -0.15) is 0 Å². The first-order valence-corrected chi connectivity index (χ1v) is 9.57. The Morgan fingerprint density at radius 2 is 1.81 bits per heavy atom. The van der Waals surface area contributed by atoms with Crippen molar-refractivity contribution in [3.63, 3.8) is 0 Å². The van der Waals surface area contributed by atoms with Crippen LogP contribution in [-0.2, 0) is 23.9 Å². The van der Waals surface area contributed by atoms with Crippen LogP contribution in [0.4, 0.5) is 0 Å². The molecule has 5 heteroatoms. The minimum absolute atomic E-state index is 0.183. The van der Waals surface area contributed by atoms with Crippen LogP contribution in [0.2, 0.25) is 0 Å². The fourth-order valence-corrected chi connectivity index (χ4v) is 4.40. The molecule has 2 rings (SSSR count). The predicted octanol–water partition coefficient (Wildman–Crippen LogP) is 3.85. The second-order valence-corrected chi connectivity index (χ2v) is 8.73. The molecule has 0 aromatic heterocycles. The molecule has 2 aliphatic carbocycles. The van der Waals surface area contributed by atoms with Gasteiger partial charge in [0.15, 0.2) is 5.78 Å². The van der Waals surface area contributed by atoms with E-state index in [4.69, 9.17) is 9.47 Å². The summed E-state index contributed by atoms with van der Waals surface area (Å²) in [6, 6.07) is 0. The van der Waals surface area contributed by atoms with Gasteiger partial charge < -0.3 is 9.47 Å². The van der Waals surface area contributed by atoms with Gasteiger partial charge in [-0.25, -0.2) is 0 Å². The van der Waals surface area contributed by atoms with E-state index < -0.39 is 5.60 Å². The van der Waals surface area contributed by atoms with Crippen molar-refractivity contribution < 1.29 is 23.9 Å². The highest BCUT2D eigenvalue weighted by Gasteiger charge is 2.47. The van der Waals surface area contributed by atoms with E-state index in [0.29, 0.717) is 19.3 Å². The van der Waals surface area contributed by atoms with E-state index in [2.05, 4.69) is 6.92 Å². The average molecular weight is 364 g/mol. The van der Waals surface area contributed by atoms with Crippen molar-refractivity contribution in [1.82, 2.24) is 0 Å². The minimum Gasteiger partial charge on any atom is -0.462 e. The molecule has 1 fully saturated rings. The van der Waals surface area contributed by atoms with Gasteiger partial charge in [0.25, 0.3) is 0 Å². The zero-order valence-corrected chi connectivity index (χ0v) is 17.0. The summed E-state index contributed by atoms with van der Waals surface area (Å²) in [5, 5.41) is 0. The van der Waals surface area contributed by atoms with Gasteiger partial charge in [0.05, 0.1) is 5.92 Å². The quantitative estimate of drug-likeness (QED) is 0.709. The number of rotatable bonds is 4. The van der Waals surface area contributed by atoms with Crippen molar-refractivity contribution in [3.05, 3.63) is 11.1 Å². The van der Waals surface area contributed by atoms with Gasteiger partial charge in [0.1, 0.15) is 11.7 Å². The monoisotopic (exact) mass is 364 g/mol. The fourth-order valence-electron chi connectivity index (χ4n) is 4.40. The van der Waals surface area contributed by atoms with Crippen LogP contribution in [0, 0.1) is 23.7 Å². The van der Waals surface area contributed by atoms with Gasteiger partial charge >= 0.3 is 11.9 Å². The number of esters is 2. The number of ketones is 1. The molecule has 0 N–H and O–H groups in total. The maximum atomic E-state index is 12.3. The van der Waals surface area contributed by atoms with E-state index in [1.54, 1.807) is 0 Å². The Bertz CT molecular complexity index is 628. The summed E-state index contributed by atoms with van der Waals surface area (Å²) in [7, 11) is 0. The first kappa shape index (κ1) is 20.7. The molecule has 146 valence electrons. The van der Waals surface area contributed by atoms with Crippen molar-refractivity contribution >= 4 is 17.7 Å². The first-order valence-electron chi connectivity index (χ1n) is 9.57. The van der Waals surface area contributed by atoms with Crippen LogP contribution in [0.3, 0.4) is 0 Å². The Morgan fingerprint density at radius 1 is 1.19 bits per heavy atom. The Hall–Kier alpha value is -1.65. The summed E-state index contributed by atoms with van der Waals surface area (Å²) >= 11 is 0. The van der Waals surface area contributed by atoms with Crippen molar-refractivity contribution in [3.8, 4) is 0 Å². The van der Waals surface area contributed by atoms with E-state index in [0.717, 1.165) is 11.1 Å². The summed E-state index contributed by atoms with van der Waals surface area (Å²) in [5.74, 6) is -0.356. The van der Waals surface area contributed by atoms with Gasteiger partial charge in [-0.05, 0) is 51.0 Å². The Morgan fingerprint density at radius 3 is 2.35 bits per heavy atom. The summed E-state index contributed by atoms with van der Waals surface area (Å²) in [6.07, 6.45) is 1.48. The third kappa shape index (κ3) is 4.18. The smallest absolute Gasteiger partial charge is 0.308 e. The van der Waals surface area contributed by atoms with Crippen LogP contribution >= 0.6 is 0 Å². The van der Waals surface area contributed by atoms with Gasteiger partial charge in [-0.1, -0.05) is 26.3 Å². The van der Waals surface area contributed by atoms with E-state index >= 15 is 0 Å². The maximum Gasteiger partial charge on any atom is 0.308 e. The van der Waals surface area contributed by atoms with Gasteiger partial charge in [-0.15, -0.1) is 0 Å². The predicted molar refractivity (Wildman–Crippen MR) is 98.3 cm³/mol. The average Bonchev–Trinajstić information content (AvgIpc) is 2.69. The molecule has 0 aliphatic heterocycles. The normalized spacial score (nSPS) is 29.5. The summed E-state index contributed by atoms with van der Waals surface area (Å²) in [4.78, 5) is 36.2. The molecule has 5 nitrogen and oxygen atoms in total. The van der Waals surface area contributed by atoms with Crippen LogP contribution < -0.4 is 0 Å². The SMILES string of the molecule is CC(=O)OC(C)(C)C1CC2=C(C)C(=O)CC2C(C)CC1OC(=O)C(C)C. The summed E-state index contributed by atoms with van der Waals surface area (Å²) < 4.78 is 11.5. The molecule has 0 amide bonds. The molecule has 4 unspecified atom stereocenters. The number of carbonyl (C=O) groups is 3. The molecular weight excluding hydrogens is 332 g/mol. The highest BCUT2D eigenvalue weighted by Crippen LogP contribution is 2.47. The van der Waals surface area contributed by atoms with Gasteiger partial charge in [0.2, 0.25) is 0 Å². The third-order valence-electron chi connectivity index (χ3n) is 5.97. The summed E-state index contributed by atoms with van der Waals surface area (Å²) in [5.41, 5.74) is 1.19. The Labute approximate surface area is 156 Å². The first-order chi connectivity index (χ1) is 11.9. The zero-order valence-electron chi connectivity index (χ0n) is 17.0. The van der Waals surface area contributed by atoms with Crippen molar-refractivity contribution in [2.75, 3.05) is 0 Å². The Kier molecular flexibility index (Phi) is 5.99. The largest absolute Gasteiger partial charge is 0.462 e. The standard InChI is InChI=1S/C21H32O5/c1-11(2)20(24)25-19-8-12(3)15-10-18(23)13(4)16(15)9-17(19)21(6,7)26-14(5)22/h11-12,15,17,19H,8-10H2,1-7H3. The molecule has 0 saturated heterocycles. The number of Topliss-reactive ketones (excluding diaryl/α,β-unsaturated/α-hetero) is 1. The molecular formula is C21H32O5. The van der Waals surface area contributed by atoms with E-state index in [-0.39, 0.29) is 47.5 Å². The van der Waals surface area contributed by atoms with Gasteiger partial charge in [0, 0.05) is 19.3 Å². The topological polar surface area (TPSA) is 69.7 Å². The molecule has 0 bridgehead atoms. The number of hydrogen-bond acceptors (Lipinski definition) is 5. The molecule has 1 saturated carbocycles. The highest BCUT2D eigenvalue weighted by molar-refractivity contribution is 5.98. The fraction of sp³-hybridized carbons (Fsp3) is 0.762. The molecule has 4 atom stereocenters. The lowest BCUT2D eigenvalue weighted by Crippen LogP contribution is -2.45.